The fraction of sp³-hybridized carbons (Fsp3) is 0.167. The minimum atomic E-state index is -4.64. The molecule has 0 atom stereocenters. The highest BCUT2D eigenvalue weighted by molar-refractivity contribution is 7.81. The second-order valence-electron chi connectivity index (χ2n) is 5.90. The molecule has 0 aliphatic rings. The molecular formula is C18H17N3O7S. The van der Waals surface area contributed by atoms with E-state index in [0.717, 1.165) is 0 Å². The van der Waals surface area contributed by atoms with Crippen molar-refractivity contribution in [2.24, 2.45) is 10.2 Å². The van der Waals surface area contributed by atoms with E-state index in [2.05, 4.69) is 19.7 Å². The van der Waals surface area contributed by atoms with Crippen LogP contribution in [0.5, 0.6) is 5.75 Å². The molecule has 0 aliphatic heterocycles. The predicted molar refractivity (Wildman–Crippen MR) is 104 cm³/mol. The van der Waals surface area contributed by atoms with Crippen LogP contribution in [0.25, 0.3) is 22.1 Å². The van der Waals surface area contributed by atoms with Gasteiger partial charge in [0.05, 0.1) is 23.2 Å². The monoisotopic (exact) mass is 419 g/mol. The van der Waals surface area contributed by atoms with Gasteiger partial charge in [0.15, 0.2) is 0 Å². The van der Waals surface area contributed by atoms with E-state index in [0.29, 0.717) is 16.8 Å². The molecular weight excluding hydrogens is 402 g/mol. The van der Waals surface area contributed by atoms with Gasteiger partial charge in [0.1, 0.15) is 24.3 Å². The molecule has 3 N–H and O–H groups in total. The summed E-state index contributed by atoms with van der Waals surface area (Å²) in [7, 11) is -2.93. The summed E-state index contributed by atoms with van der Waals surface area (Å²) in [6.45, 7) is -0.0277. The van der Waals surface area contributed by atoms with E-state index in [-0.39, 0.29) is 41.0 Å². The minimum Gasteiger partial charge on any atom is -0.463 e. The predicted octanol–water partition coefficient (Wildman–Crippen LogP) is 2.39. The zero-order chi connectivity index (χ0) is 21.0. The lowest BCUT2D eigenvalue weighted by atomic mass is 10.0. The highest BCUT2D eigenvalue weighted by atomic mass is 32.3. The van der Waals surface area contributed by atoms with Gasteiger partial charge >= 0.3 is 10.4 Å². The molecule has 0 amide bonds. The SMILES string of the molecule is CNCN=Nc1cc2c(=O)c(-c3ccc(OS(=O)(=O)O)cc3)coc2cc1CO. The minimum absolute atomic E-state index is 0.110. The van der Waals surface area contributed by atoms with Gasteiger partial charge in [-0.05, 0) is 36.9 Å². The number of hydrogen-bond donors (Lipinski definition) is 3. The van der Waals surface area contributed by atoms with Gasteiger partial charge in [-0.3, -0.25) is 14.7 Å². The number of nitrogens with one attached hydrogen (secondary N) is 1. The summed E-state index contributed by atoms with van der Waals surface area (Å²) in [5, 5.41) is 20.5. The first kappa shape index (κ1) is 20.6. The van der Waals surface area contributed by atoms with Gasteiger partial charge in [0.25, 0.3) is 0 Å². The van der Waals surface area contributed by atoms with Gasteiger partial charge in [-0.1, -0.05) is 12.1 Å². The Morgan fingerprint density at radius 3 is 2.55 bits per heavy atom. The van der Waals surface area contributed by atoms with E-state index >= 15 is 0 Å². The molecule has 0 radical (unpaired) electrons. The van der Waals surface area contributed by atoms with Crippen LogP contribution in [0.3, 0.4) is 0 Å². The Morgan fingerprint density at radius 1 is 1.21 bits per heavy atom. The van der Waals surface area contributed by atoms with E-state index in [1.807, 2.05) is 0 Å². The Hall–Kier alpha value is -3.12. The summed E-state index contributed by atoms with van der Waals surface area (Å²) in [5.41, 5.74) is 1.42. The van der Waals surface area contributed by atoms with E-state index < -0.39 is 10.4 Å². The molecule has 11 heteroatoms. The molecule has 10 nitrogen and oxygen atoms in total. The molecule has 0 saturated heterocycles. The molecule has 0 aliphatic carbocycles. The second-order valence-corrected chi connectivity index (χ2v) is 6.92. The van der Waals surface area contributed by atoms with Crippen molar-refractivity contribution < 1.29 is 26.7 Å². The molecule has 0 spiro atoms. The normalized spacial score (nSPS) is 12.0. The molecule has 0 bridgehead atoms. The van der Waals surface area contributed by atoms with Crippen LogP contribution >= 0.6 is 0 Å². The van der Waals surface area contributed by atoms with Gasteiger partial charge < -0.3 is 13.7 Å². The fourth-order valence-electron chi connectivity index (χ4n) is 2.62. The second kappa shape index (κ2) is 8.49. The number of aliphatic hydroxyl groups excluding tert-OH is 1. The molecule has 2 aromatic carbocycles. The van der Waals surface area contributed by atoms with Crippen molar-refractivity contribution in [3.63, 3.8) is 0 Å². The third kappa shape index (κ3) is 4.84. The van der Waals surface area contributed by atoms with Gasteiger partial charge in [-0.2, -0.15) is 18.6 Å². The topological polar surface area (TPSA) is 151 Å². The van der Waals surface area contributed by atoms with Crippen LogP contribution in [0.4, 0.5) is 5.69 Å². The summed E-state index contributed by atoms with van der Waals surface area (Å²) < 4.78 is 40.1. The molecule has 3 rings (SSSR count). The number of hydrogen-bond acceptors (Lipinski definition) is 9. The van der Waals surface area contributed by atoms with Crippen LogP contribution in [-0.4, -0.2) is 31.8 Å². The first-order valence-corrected chi connectivity index (χ1v) is 9.67. The smallest absolute Gasteiger partial charge is 0.446 e. The maximum absolute atomic E-state index is 13.0. The Kier molecular flexibility index (Phi) is 6.03. The highest BCUT2D eigenvalue weighted by Crippen LogP contribution is 2.28. The van der Waals surface area contributed by atoms with E-state index in [9.17, 15) is 18.3 Å². The van der Waals surface area contributed by atoms with Gasteiger partial charge in [0.2, 0.25) is 5.43 Å². The number of aliphatic hydroxyl groups is 1. The first-order valence-electron chi connectivity index (χ1n) is 8.31. The fourth-order valence-corrected chi connectivity index (χ4v) is 2.97. The molecule has 0 fully saturated rings. The van der Waals surface area contributed by atoms with E-state index in [4.69, 9.17) is 8.97 Å². The lowest BCUT2D eigenvalue weighted by Gasteiger charge is -2.07. The zero-order valence-electron chi connectivity index (χ0n) is 15.2. The Labute approximate surface area is 165 Å². The van der Waals surface area contributed by atoms with E-state index in [1.54, 1.807) is 7.05 Å². The van der Waals surface area contributed by atoms with Crippen molar-refractivity contribution in [3.8, 4) is 16.9 Å². The number of nitrogens with zero attached hydrogens (tertiary/aromatic N) is 2. The van der Waals surface area contributed by atoms with Crippen LogP contribution < -0.4 is 14.9 Å². The summed E-state index contributed by atoms with van der Waals surface area (Å²) in [4.78, 5) is 13.0. The quantitative estimate of drug-likeness (QED) is 0.390. The van der Waals surface area contributed by atoms with Crippen LogP contribution in [0.15, 0.2) is 62.1 Å². The van der Waals surface area contributed by atoms with E-state index in [1.165, 1.54) is 42.7 Å². The Morgan fingerprint density at radius 2 is 1.93 bits per heavy atom. The average Bonchev–Trinajstić information content (AvgIpc) is 2.68. The van der Waals surface area contributed by atoms with Crippen molar-refractivity contribution in [1.29, 1.82) is 0 Å². The van der Waals surface area contributed by atoms with Crippen molar-refractivity contribution >= 4 is 27.1 Å². The highest BCUT2D eigenvalue weighted by Gasteiger charge is 2.14. The van der Waals surface area contributed by atoms with Crippen molar-refractivity contribution in [2.45, 2.75) is 6.61 Å². The summed E-state index contributed by atoms with van der Waals surface area (Å²) >= 11 is 0. The van der Waals surface area contributed by atoms with Crippen molar-refractivity contribution in [1.82, 2.24) is 5.32 Å². The molecule has 1 heterocycles. The van der Waals surface area contributed by atoms with Crippen molar-refractivity contribution in [2.75, 3.05) is 13.7 Å². The molecule has 0 saturated carbocycles. The maximum atomic E-state index is 13.0. The van der Waals surface area contributed by atoms with Crippen LogP contribution in [0, 0.1) is 0 Å². The number of fused-ring (bicyclic) bond motifs is 1. The lowest BCUT2D eigenvalue weighted by molar-refractivity contribution is 0.282. The van der Waals surface area contributed by atoms with Crippen molar-refractivity contribution in [3.05, 3.63) is 58.4 Å². The van der Waals surface area contributed by atoms with Gasteiger partial charge in [0, 0.05) is 5.56 Å². The average molecular weight is 419 g/mol. The van der Waals surface area contributed by atoms with Gasteiger partial charge in [-0.25, -0.2) is 0 Å². The Balaban J connectivity index is 2.06. The molecule has 1 aromatic heterocycles. The third-order valence-electron chi connectivity index (χ3n) is 3.92. The largest absolute Gasteiger partial charge is 0.463 e. The lowest BCUT2D eigenvalue weighted by Crippen LogP contribution is -2.07. The van der Waals surface area contributed by atoms with Crippen LogP contribution in [-0.2, 0) is 17.0 Å². The van der Waals surface area contributed by atoms with Crippen LogP contribution in [0.1, 0.15) is 5.56 Å². The first-order chi connectivity index (χ1) is 13.8. The third-order valence-corrected chi connectivity index (χ3v) is 4.32. The number of rotatable bonds is 7. The molecule has 0 unspecified atom stereocenters. The molecule has 152 valence electrons. The standard InChI is InChI=1S/C18H17N3O7S/c1-19-10-20-21-16-7-14-17(6-12(16)8-22)27-9-15(18(14)23)11-2-4-13(5-3-11)28-29(24,25)26/h2-7,9,19,22H,8,10H2,1H3,(H,24,25,26). The summed E-state index contributed by atoms with van der Waals surface area (Å²) in [5.74, 6) is -0.110. The zero-order valence-corrected chi connectivity index (χ0v) is 16.0. The molecule has 29 heavy (non-hydrogen) atoms. The number of benzene rings is 2. The maximum Gasteiger partial charge on any atom is 0.446 e. The number of azo groups is 1. The Bertz CT molecular complexity index is 1220. The van der Waals surface area contributed by atoms with Crippen LogP contribution in [0.2, 0.25) is 0 Å². The van der Waals surface area contributed by atoms with Gasteiger partial charge in [-0.15, -0.1) is 0 Å². The summed E-state index contributed by atoms with van der Waals surface area (Å²) in [6, 6.07) is 8.50. The molecule has 3 aromatic rings. The summed E-state index contributed by atoms with van der Waals surface area (Å²) in [6.07, 6.45) is 1.27.